The molecule has 4 amide bonds. The zero-order valence-corrected chi connectivity index (χ0v) is 21.6. The van der Waals surface area contributed by atoms with Gasteiger partial charge in [0.25, 0.3) is 5.91 Å². The molecule has 0 bridgehead atoms. The van der Waals surface area contributed by atoms with Gasteiger partial charge < -0.3 is 15.5 Å². The lowest BCUT2D eigenvalue weighted by atomic mass is 9.84. The minimum Gasteiger partial charge on any atom is -0.349 e. The molecule has 1 aliphatic rings. The second-order valence-electron chi connectivity index (χ2n) is 10.5. The summed E-state index contributed by atoms with van der Waals surface area (Å²) in [5.74, 6) is -2.59. The first-order valence-electron chi connectivity index (χ1n) is 12.5. The number of hydrogen-bond acceptors (Lipinski definition) is 5. The van der Waals surface area contributed by atoms with Crippen molar-refractivity contribution >= 4 is 23.6 Å². The smallest absolute Gasteiger partial charge is 0.251 e. The van der Waals surface area contributed by atoms with Gasteiger partial charge in [-0.3, -0.25) is 24.4 Å². The molecule has 1 aromatic rings. The molecular formula is C26H39FN4O5. The van der Waals surface area contributed by atoms with Gasteiger partial charge in [0.15, 0.2) is 0 Å². The van der Waals surface area contributed by atoms with Crippen molar-refractivity contribution in [2.45, 2.75) is 78.3 Å². The molecule has 1 aromatic carbocycles. The number of rotatable bonds is 10. The maximum absolute atomic E-state index is 13.4. The maximum atomic E-state index is 13.4. The van der Waals surface area contributed by atoms with Crippen LogP contribution in [0.3, 0.4) is 0 Å². The van der Waals surface area contributed by atoms with E-state index >= 15 is 0 Å². The Balaban J connectivity index is 2.00. The van der Waals surface area contributed by atoms with Gasteiger partial charge in [-0.05, 0) is 48.9 Å². The molecule has 2 atom stereocenters. The zero-order valence-electron chi connectivity index (χ0n) is 21.6. The summed E-state index contributed by atoms with van der Waals surface area (Å²) in [6, 6.07) is 4.41. The summed E-state index contributed by atoms with van der Waals surface area (Å²) in [6.45, 7) is 8.42. The number of hydrogen-bond donors (Lipinski definition) is 4. The summed E-state index contributed by atoms with van der Waals surface area (Å²) in [7, 11) is 0. The van der Waals surface area contributed by atoms with Crippen molar-refractivity contribution in [3.8, 4) is 0 Å². The number of amides is 4. The van der Waals surface area contributed by atoms with Crippen LogP contribution in [-0.4, -0.2) is 58.9 Å². The SMILES string of the molecule is CCCC[C@@H](CC(=O)NO)C(=O)N[C@@H](C(=O)N1CCC(NC(=O)c2ccc(F)cc2)CC1)C(C)(C)C. The quantitative estimate of drug-likeness (QED) is 0.287. The van der Waals surface area contributed by atoms with Crippen LogP contribution in [0.15, 0.2) is 24.3 Å². The topological polar surface area (TPSA) is 128 Å². The fourth-order valence-corrected chi connectivity index (χ4v) is 4.25. The summed E-state index contributed by atoms with van der Waals surface area (Å²) in [5.41, 5.74) is 1.37. The number of likely N-dealkylation sites (tertiary alicyclic amines) is 1. The van der Waals surface area contributed by atoms with Gasteiger partial charge in [-0.25, -0.2) is 9.87 Å². The fourth-order valence-electron chi connectivity index (χ4n) is 4.25. The third-order valence-electron chi connectivity index (χ3n) is 6.48. The number of carbonyl (C=O) groups excluding carboxylic acids is 4. The van der Waals surface area contributed by atoms with Crippen LogP contribution in [-0.2, 0) is 14.4 Å². The molecule has 1 fully saturated rings. The van der Waals surface area contributed by atoms with Gasteiger partial charge in [0.2, 0.25) is 17.7 Å². The average molecular weight is 507 g/mol. The Hall–Kier alpha value is -3.01. The van der Waals surface area contributed by atoms with Gasteiger partial charge in [0.1, 0.15) is 11.9 Å². The van der Waals surface area contributed by atoms with Crippen molar-refractivity contribution < 1.29 is 28.8 Å². The third kappa shape index (κ3) is 8.58. The van der Waals surface area contributed by atoms with Crippen LogP contribution in [0.5, 0.6) is 0 Å². The van der Waals surface area contributed by atoms with E-state index < -0.39 is 29.1 Å². The first-order chi connectivity index (χ1) is 17.0. The summed E-state index contributed by atoms with van der Waals surface area (Å²) < 4.78 is 13.1. The molecule has 0 aliphatic carbocycles. The van der Waals surface area contributed by atoms with E-state index in [-0.39, 0.29) is 30.2 Å². The van der Waals surface area contributed by atoms with Gasteiger partial charge in [-0.15, -0.1) is 0 Å². The lowest BCUT2D eigenvalue weighted by Crippen LogP contribution is -2.58. The summed E-state index contributed by atoms with van der Waals surface area (Å²) >= 11 is 0. The van der Waals surface area contributed by atoms with E-state index in [1.165, 1.54) is 24.3 Å². The molecule has 9 nitrogen and oxygen atoms in total. The third-order valence-corrected chi connectivity index (χ3v) is 6.48. The van der Waals surface area contributed by atoms with Crippen molar-refractivity contribution in [3.05, 3.63) is 35.6 Å². The Morgan fingerprint density at radius 1 is 1.11 bits per heavy atom. The summed E-state index contributed by atoms with van der Waals surface area (Å²) in [6.07, 6.45) is 3.01. The summed E-state index contributed by atoms with van der Waals surface area (Å²) in [5, 5.41) is 14.7. The number of halogens is 1. The Bertz CT molecular complexity index is 908. The van der Waals surface area contributed by atoms with Gasteiger partial charge >= 0.3 is 0 Å². The molecule has 0 radical (unpaired) electrons. The number of hydroxylamine groups is 1. The Morgan fingerprint density at radius 2 is 1.72 bits per heavy atom. The Kier molecular flexibility index (Phi) is 10.8. The predicted molar refractivity (Wildman–Crippen MR) is 132 cm³/mol. The first kappa shape index (κ1) is 29.2. The van der Waals surface area contributed by atoms with Gasteiger partial charge in [0, 0.05) is 37.0 Å². The highest BCUT2D eigenvalue weighted by molar-refractivity contribution is 5.94. The first-order valence-corrected chi connectivity index (χ1v) is 12.5. The standard InChI is InChI=1S/C26H39FN4O5/c1-5-6-7-18(16-21(32)30-36)24(34)29-22(26(2,3)4)25(35)31-14-12-20(13-15-31)28-23(33)17-8-10-19(27)11-9-17/h8-11,18,20,22,36H,5-7,12-16H2,1-4H3,(H,28,33)(H,29,34)(H,30,32)/t18-,22-/m0/s1. The van der Waals surface area contributed by atoms with Crippen molar-refractivity contribution in [3.63, 3.8) is 0 Å². The van der Waals surface area contributed by atoms with Crippen molar-refractivity contribution in [1.29, 1.82) is 0 Å². The van der Waals surface area contributed by atoms with Crippen LogP contribution in [0.4, 0.5) is 4.39 Å². The second-order valence-corrected chi connectivity index (χ2v) is 10.5. The lowest BCUT2D eigenvalue weighted by molar-refractivity contribution is -0.142. The Labute approximate surface area is 212 Å². The highest BCUT2D eigenvalue weighted by Crippen LogP contribution is 2.24. The molecule has 0 aromatic heterocycles. The van der Waals surface area contributed by atoms with E-state index in [1.807, 2.05) is 27.7 Å². The molecule has 1 aliphatic heterocycles. The number of carbonyl (C=O) groups is 4. The van der Waals surface area contributed by atoms with E-state index in [0.717, 1.165) is 12.8 Å². The number of nitrogens with one attached hydrogen (secondary N) is 3. The van der Waals surface area contributed by atoms with Crippen LogP contribution >= 0.6 is 0 Å². The number of unbranched alkanes of at least 4 members (excludes halogenated alkanes) is 1. The molecule has 0 spiro atoms. The highest BCUT2D eigenvalue weighted by Gasteiger charge is 2.38. The number of piperidine rings is 1. The van der Waals surface area contributed by atoms with Crippen molar-refractivity contribution in [2.75, 3.05) is 13.1 Å². The minimum atomic E-state index is -0.795. The molecule has 0 saturated carbocycles. The number of nitrogens with zero attached hydrogens (tertiary/aromatic N) is 1. The van der Waals surface area contributed by atoms with Gasteiger partial charge in [0.05, 0.1) is 0 Å². The number of benzene rings is 1. The average Bonchev–Trinajstić information content (AvgIpc) is 2.84. The molecule has 200 valence electrons. The van der Waals surface area contributed by atoms with Crippen LogP contribution in [0.1, 0.15) is 76.6 Å². The van der Waals surface area contributed by atoms with Crippen LogP contribution < -0.4 is 16.1 Å². The second kappa shape index (κ2) is 13.3. The van der Waals surface area contributed by atoms with Crippen LogP contribution in [0.2, 0.25) is 0 Å². The van der Waals surface area contributed by atoms with Gasteiger partial charge in [-0.1, -0.05) is 40.5 Å². The molecule has 36 heavy (non-hydrogen) atoms. The van der Waals surface area contributed by atoms with Crippen molar-refractivity contribution in [2.24, 2.45) is 11.3 Å². The van der Waals surface area contributed by atoms with E-state index in [2.05, 4.69) is 10.6 Å². The summed E-state index contributed by atoms with van der Waals surface area (Å²) in [4.78, 5) is 52.3. The largest absolute Gasteiger partial charge is 0.349 e. The molecule has 2 rings (SSSR count). The van der Waals surface area contributed by atoms with Crippen molar-refractivity contribution in [1.82, 2.24) is 21.0 Å². The minimum absolute atomic E-state index is 0.121. The van der Waals surface area contributed by atoms with E-state index in [1.54, 1.807) is 10.4 Å². The monoisotopic (exact) mass is 506 g/mol. The normalized spacial score (nSPS) is 16.1. The van der Waals surface area contributed by atoms with Gasteiger partial charge in [-0.2, -0.15) is 0 Å². The highest BCUT2D eigenvalue weighted by atomic mass is 19.1. The van der Waals surface area contributed by atoms with E-state index in [4.69, 9.17) is 5.21 Å². The fraction of sp³-hybridized carbons (Fsp3) is 0.615. The maximum Gasteiger partial charge on any atom is 0.251 e. The molecular weight excluding hydrogens is 467 g/mol. The Morgan fingerprint density at radius 3 is 2.25 bits per heavy atom. The molecule has 1 saturated heterocycles. The van der Waals surface area contributed by atoms with E-state index in [9.17, 15) is 23.6 Å². The molecule has 0 unspecified atom stereocenters. The molecule has 4 N–H and O–H groups in total. The molecule has 10 heteroatoms. The van der Waals surface area contributed by atoms with Crippen LogP contribution in [0.25, 0.3) is 0 Å². The predicted octanol–water partition coefficient (Wildman–Crippen LogP) is 2.78. The molecule has 1 heterocycles. The lowest BCUT2D eigenvalue weighted by Gasteiger charge is -2.39. The van der Waals surface area contributed by atoms with E-state index in [0.29, 0.717) is 37.9 Å². The van der Waals surface area contributed by atoms with Crippen LogP contribution in [0, 0.1) is 17.2 Å². The zero-order chi connectivity index (χ0) is 26.9.